The third-order valence-corrected chi connectivity index (χ3v) is 18.1. The number of halogens is 5. The zero-order valence-electron chi connectivity index (χ0n) is 46.7. The fraction of sp³-hybridized carbons (Fsp3) is 0.492. The fourth-order valence-corrected chi connectivity index (χ4v) is 13.2. The van der Waals surface area contributed by atoms with Gasteiger partial charge in [-0.2, -0.15) is 13.2 Å². The Morgan fingerprint density at radius 2 is 1.55 bits per heavy atom. The van der Waals surface area contributed by atoms with Gasteiger partial charge in [0.15, 0.2) is 5.82 Å². The topological polar surface area (TPSA) is 182 Å². The summed E-state index contributed by atoms with van der Waals surface area (Å²) in [7, 11) is 0. The molecule has 4 fully saturated rings. The maximum Gasteiger partial charge on any atom is 0.408 e. The van der Waals surface area contributed by atoms with Crippen LogP contribution in [0.4, 0.5) is 33.3 Å². The summed E-state index contributed by atoms with van der Waals surface area (Å²) in [6.45, 7) is 14.3. The van der Waals surface area contributed by atoms with Crippen molar-refractivity contribution in [2.75, 3.05) is 69.1 Å². The number of rotatable bonds is 18. The lowest BCUT2D eigenvalue weighted by Crippen LogP contribution is -2.61. The molecule has 10 rings (SSSR count). The first kappa shape index (κ1) is 58.8. The van der Waals surface area contributed by atoms with Gasteiger partial charge in [0.1, 0.15) is 23.7 Å². The number of aryl methyl sites for hydroxylation is 1. The molecule has 1 saturated carbocycles. The molecule has 15 nitrogen and oxygen atoms in total. The number of hydrogen-bond donors (Lipinski definition) is 6. The Hall–Kier alpha value is -6.36. The molecule has 6 heterocycles. The number of carbonyl (C=O) groups excluding carboxylic acids is 3. The van der Waals surface area contributed by atoms with Crippen molar-refractivity contribution >= 4 is 51.3 Å². The van der Waals surface area contributed by atoms with Crippen molar-refractivity contribution in [2.24, 2.45) is 17.3 Å². The first-order valence-electron chi connectivity index (χ1n) is 28.5. The SMILES string of the molecule is Cc1ncsc1-c1ccc(CNC(=O)[C@@H]2C[C@@H](O)CN2C(O)[C@@H](NC(=O)CN2CCC(CN3CCN(c4ccc(-c5cnc6[nH]cc(C(=O)c7c(F)ccc(NC(C8CCCC8)C(F)(F)F)c7F)c6c5)cc4)CC3)CC2)C(C)(C)C)cc1. The lowest BCUT2D eigenvalue weighted by molar-refractivity contribution is -0.153. The summed E-state index contributed by atoms with van der Waals surface area (Å²) in [5.41, 5.74) is 5.40. The number of aromatic amines is 1. The molecular weight excluding hydrogens is 1080 g/mol. The normalized spacial score (nSPS) is 20.3. The number of thiazole rings is 1. The number of carbonyl (C=O) groups is 3. The van der Waals surface area contributed by atoms with Crippen LogP contribution in [0.5, 0.6) is 0 Å². The van der Waals surface area contributed by atoms with Crippen LogP contribution in [0.25, 0.3) is 32.6 Å². The van der Waals surface area contributed by atoms with Crippen LogP contribution in [0.1, 0.15) is 92.9 Å². The predicted molar refractivity (Wildman–Crippen MR) is 307 cm³/mol. The number of amides is 2. The molecule has 4 aliphatic rings. The molecular formula is C61H73F5N10O5S. The lowest BCUT2D eigenvalue weighted by Gasteiger charge is -2.41. The van der Waals surface area contributed by atoms with E-state index in [9.17, 15) is 37.8 Å². The van der Waals surface area contributed by atoms with E-state index >= 15 is 8.78 Å². The van der Waals surface area contributed by atoms with E-state index in [1.807, 2.05) is 81.7 Å². The Bertz CT molecular complexity index is 3200. The summed E-state index contributed by atoms with van der Waals surface area (Å²) < 4.78 is 73.6. The standard InChI is InChI=1S/C61H73F5N10O5S/c1-36-54(82-35-70-36)40-11-9-37(10-12-40)29-69-58(80)49-28-44(77)33-76(49)59(81)56(60(2,3)4)72-50(78)34-73-21-19-38(20-22-73)32-74-23-25-75(26-24-74)43-15-13-39(14-16-43)42-27-45-46(31-68-57(45)67-30-42)53(79)51-47(62)17-18-48(52(51)63)71-55(61(64,65)66)41-7-5-6-8-41/h9-18,27,30-31,35,38,41,44,49,55-56,59,71,77,81H,5-8,19-26,28-29,32-34H2,1-4H3,(H,67,68)(H,69,80)(H,72,78)/t44-,49+,55?,56-,59?/m1/s1. The van der Waals surface area contributed by atoms with Gasteiger partial charge in [-0.3, -0.25) is 29.1 Å². The minimum absolute atomic E-state index is 0.0651. The predicted octanol–water partition coefficient (Wildman–Crippen LogP) is 9.14. The van der Waals surface area contributed by atoms with E-state index in [-0.39, 0.29) is 43.4 Å². The number of benzene rings is 3. The number of aliphatic hydroxyl groups is 2. The molecule has 3 aromatic heterocycles. The number of nitrogens with one attached hydrogen (secondary N) is 4. The van der Waals surface area contributed by atoms with E-state index < -0.39 is 76.6 Å². The first-order chi connectivity index (χ1) is 39.2. The van der Waals surface area contributed by atoms with Gasteiger partial charge in [0, 0.05) is 80.4 Å². The Labute approximate surface area is 478 Å². The number of aromatic nitrogens is 3. The van der Waals surface area contributed by atoms with Crippen molar-refractivity contribution in [3.05, 3.63) is 119 Å². The zero-order valence-corrected chi connectivity index (χ0v) is 47.6. The third kappa shape index (κ3) is 13.3. The van der Waals surface area contributed by atoms with Gasteiger partial charge >= 0.3 is 6.18 Å². The lowest BCUT2D eigenvalue weighted by atomic mass is 9.84. The number of alkyl halides is 3. The second kappa shape index (κ2) is 24.8. The van der Waals surface area contributed by atoms with Crippen LogP contribution >= 0.6 is 11.3 Å². The van der Waals surface area contributed by atoms with Gasteiger partial charge in [0.2, 0.25) is 17.6 Å². The molecule has 21 heteroatoms. The molecule has 3 aliphatic heterocycles. The van der Waals surface area contributed by atoms with E-state index in [1.165, 1.54) is 6.20 Å². The average molecular weight is 1150 g/mol. The van der Waals surface area contributed by atoms with Crippen LogP contribution in [-0.4, -0.2) is 153 Å². The number of β-amino-alcohol motifs (C(OH)–C–C–N with tert-alkyl or cyclic N) is 1. The van der Waals surface area contributed by atoms with Crippen LogP contribution < -0.4 is 20.9 Å². The molecule has 2 amide bonds. The maximum atomic E-state index is 16.0. The summed E-state index contributed by atoms with van der Waals surface area (Å²) in [5, 5.41) is 31.3. The van der Waals surface area contributed by atoms with Crippen molar-refractivity contribution in [3.63, 3.8) is 0 Å². The summed E-state index contributed by atoms with van der Waals surface area (Å²) >= 11 is 1.58. The van der Waals surface area contributed by atoms with Crippen LogP contribution in [0.3, 0.4) is 0 Å². The number of likely N-dealkylation sites (tertiary alicyclic amines) is 2. The molecule has 3 aromatic carbocycles. The first-order valence-corrected chi connectivity index (χ1v) is 29.4. The van der Waals surface area contributed by atoms with Crippen LogP contribution in [0.15, 0.2) is 84.6 Å². The highest BCUT2D eigenvalue weighted by molar-refractivity contribution is 7.13. The number of H-pyrrole nitrogens is 1. The summed E-state index contributed by atoms with van der Waals surface area (Å²) in [5.74, 6) is -4.36. The smallest absolute Gasteiger partial charge is 0.392 e. The van der Waals surface area contributed by atoms with Crippen LogP contribution in [0, 0.1) is 35.8 Å². The Kier molecular flexibility index (Phi) is 17.8. The molecule has 0 radical (unpaired) electrons. The number of piperidine rings is 1. The van der Waals surface area contributed by atoms with E-state index in [0.717, 1.165) is 104 Å². The maximum absolute atomic E-state index is 16.0. The molecule has 0 spiro atoms. The Balaban J connectivity index is 0.680. The third-order valence-electron chi connectivity index (χ3n) is 17.1. The van der Waals surface area contributed by atoms with E-state index in [2.05, 4.69) is 45.6 Å². The van der Waals surface area contributed by atoms with Gasteiger partial charge in [-0.1, -0.05) is 70.0 Å². The number of anilines is 2. The van der Waals surface area contributed by atoms with E-state index in [1.54, 1.807) is 28.5 Å². The van der Waals surface area contributed by atoms with Crippen molar-refractivity contribution in [3.8, 4) is 21.6 Å². The number of pyridine rings is 1. The number of aliphatic hydroxyl groups excluding tert-OH is 2. The molecule has 0 bridgehead atoms. The van der Waals surface area contributed by atoms with Gasteiger partial charge in [0.25, 0.3) is 0 Å². The molecule has 3 saturated heterocycles. The van der Waals surface area contributed by atoms with E-state index in [4.69, 9.17) is 0 Å². The molecule has 438 valence electrons. The van der Waals surface area contributed by atoms with Gasteiger partial charge < -0.3 is 36.0 Å². The molecule has 6 N–H and O–H groups in total. The molecule has 82 heavy (non-hydrogen) atoms. The largest absolute Gasteiger partial charge is 0.408 e. The minimum Gasteiger partial charge on any atom is -0.392 e. The molecule has 6 aromatic rings. The Morgan fingerprint density at radius 3 is 2.21 bits per heavy atom. The van der Waals surface area contributed by atoms with Gasteiger partial charge in [0.05, 0.1) is 52.1 Å². The van der Waals surface area contributed by atoms with Crippen LogP contribution in [0.2, 0.25) is 0 Å². The van der Waals surface area contributed by atoms with Crippen molar-refractivity contribution in [1.82, 2.24) is 40.3 Å². The number of nitrogens with zero attached hydrogens (tertiary/aromatic N) is 6. The number of ketones is 1. The highest BCUT2D eigenvalue weighted by Gasteiger charge is 2.47. The fourth-order valence-electron chi connectivity index (χ4n) is 12.4. The molecule has 5 atom stereocenters. The Morgan fingerprint density at radius 1 is 0.854 bits per heavy atom. The molecule has 1 aliphatic carbocycles. The van der Waals surface area contributed by atoms with E-state index in [0.29, 0.717) is 48.2 Å². The van der Waals surface area contributed by atoms with Gasteiger partial charge in [-0.25, -0.2) is 18.7 Å². The highest BCUT2D eigenvalue weighted by atomic mass is 32.1. The number of fused-ring (bicyclic) bond motifs is 1. The van der Waals surface area contributed by atoms with Crippen molar-refractivity contribution in [2.45, 2.75) is 116 Å². The van der Waals surface area contributed by atoms with Crippen molar-refractivity contribution in [1.29, 1.82) is 0 Å². The highest BCUT2D eigenvalue weighted by Crippen LogP contribution is 2.39. The number of piperazine rings is 1. The van der Waals surface area contributed by atoms with Crippen LogP contribution in [-0.2, 0) is 16.1 Å². The quantitative estimate of drug-likeness (QED) is 0.0355. The van der Waals surface area contributed by atoms with Gasteiger partial charge in [-0.05, 0) is 116 Å². The average Bonchev–Trinajstić information content (AvgIpc) is 4.31. The minimum atomic E-state index is -4.68. The summed E-state index contributed by atoms with van der Waals surface area (Å²) in [4.78, 5) is 62.6. The monoisotopic (exact) mass is 1150 g/mol. The zero-order chi connectivity index (χ0) is 58.0. The van der Waals surface area contributed by atoms with Gasteiger partial charge in [-0.15, -0.1) is 11.3 Å². The second-order valence-electron chi connectivity index (χ2n) is 23.8. The second-order valence-corrected chi connectivity index (χ2v) is 24.7. The summed E-state index contributed by atoms with van der Waals surface area (Å²) in [6, 6.07) is 15.8. The molecule has 2 unspecified atom stereocenters. The van der Waals surface area contributed by atoms with Crippen molar-refractivity contribution < 1.29 is 46.5 Å². The summed E-state index contributed by atoms with van der Waals surface area (Å²) in [6.07, 6.45) is 0.224. The number of hydrogen-bond acceptors (Lipinski definition) is 13.